The van der Waals surface area contributed by atoms with Crippen molar-refractivity contribution >= 4 is 5.91 Å². The van der Waals surface area contributed by atoms with E-state index in [-0.39, 0.29) is 0 Å². The molecule has 23 heavy (non-hydrogen) atoms. The summed E-state index contributed by atoms with van der Waals surface area (Å²) in [5.41, 5.74) is -0.844. The number of rotatable bonds is 4. The van der Waals surface area contributed by atoms with Crippen molar-refractivity contribution in [3.05, 3.63) is 70.5 Å². The molecule has 2 aromatic carbocycles. The average Bonchev–Trinajstić information content (AvgIpc) is 2.57. The van der Waals surface area contributed by atoms with Crippen LogP contribution in [0.4, 0.5) is 22.0 Å². The second kappa shape index (κ2) is 6.76. The maximum Gasteiger partial charge on any atom is 0.257 e. The van der Waals surface area contributed by atoms with Gasteiger partial charge in [-0.25, -0.2) is 22.0 Å². The number of amides is 1. The normalized spacial score (nSPS) is 12.1. The summed E-state index contributed by atoms with van der Waals surface area (Å²) >= 11 is 0. The number of benzene rings is 2. The smallest absolute Gasteiger partial charge is 0.257 e. The number of hydrogen-bond donors (Lipinski definition) is 1. The van der Waals surface area contributed by atoms with E-state index in [0.29, 0.717) is 12.0 Å². The SMILES string of the molecule is CCC(NC(=O)c1c(F)c(F)c(F)c(F)c1F)c1ccccc1. The molecule has 122 valence electrons. The number of halogens is 5. The first-order valence-corrected chi connectivity index (χ1v) is 6.75. The topological polar surface area (TPSA) is 29.1 Å². The van der Waals surface area contributed by atoms with Crippen LogP contribution in [0, 0.1) is 29.1 Å². The molecular formula is C16H12F5NO. The van der Waals surface area contributed by atoms with Crippen molar-refractivity contribution in [2.45, 2.75) is 19.4 Å². The highest BCUT2D eigenvalue weighted by Crippen LogP contribution is 2.24. The van der Waals surface area contributed by atoms with E-state index < -0.39 is 46.6 Å². The quantitative estimate of drug-likeness (QED) is 0.507. The molecule has 0 aliphatic carbocycles. The van der Waals surface area contributed by atoms with Gasteiger partial charge in [-0.05, 0) is 12.0 Å². The Morgan fingerprint density at radius 2 is 1.39 bits per heavy atom. The molecule has 1 atom stereocenters. The summed E-state index contributed by atoms with van der Waals surface area (Å²) in [5.74, 6) is -12.3. The van der Waals surface area contributed by atoms with Crippen molar-refractivity contribution in [2.24, 2.45) is 0 Å². The zero-order valence-corrected chi connectivity index (χ0v) is 12.0. The second-order valence-electron chi connectivity index (χ2n) is 4.79. The van der Waals surface area contributed by atoms with E-state index in [1.54, 1.807) is 37.3 Å². The third-order valence-electron chi connectivity index (χ3n) is 3.35. The van der Waals surface area contributed by atoms with Crippen LogP contribution in [0.15, 0.2) is 30.3 Å². The van der Waals surface area contributed by atoms with Gasteiger partial charge in [0.25, 0.3) is 5.91 Å². The Morgan fingerprint density at radius 3 is 1.87 bits per heavy atom. The van der Waals surface area contributed by atoms with Crippen molar-refractivity contribution in [3.63, 3.8) is 0 Å². The maximum atomic E-state index is 13.6. The monoisotopic (exact) mass is 329 g/mol. The summed E-state index contributed by atoms with van der Waals surface area (Å²) < 4.78 is 66.6. The van der Waals surface area contributed by atoms with Crippen LogP contribution in [0.5, 0.6) is 0 Å². The molecule has 7 heteroatoms. The summed E-state index contributed by atoms with van der Waals surface area (Å²) in [4.78, 5) is 12.0. The van der Waals surface area contributed by atoms with Crippen LogP contribution >= 0.6 is 0 Å². The van der Waals surface area contributed by atoms with Gasteiger partial charge in [0, 0.05) is 0 Å². The number of nitrogens with one attached hydrogen (secondary N) is 1. The Balaban J connectivity index is 2.38. The van der Waals surface area contributed by atoms with Crippen LogP contribution in [-0.4, -0.2) is 5.91 Å². The van der Waals surface area contributed by atoms with Gasteiger partial charge < -0.3 is 5.32 Å². The second-order valence-corrected chi connectivity index (χ2v) is 4.79. The van der Waals surface area contributed by atoms with Gasteiger partial charge in [0.15, 0.2) is 23.3 Å². The van der Waals surface area contributed by atoms with Gasteiger partial charge >= 0.3 is 0 Å². The molecule has 0 bridgehead atoms. The molecule has 0 spiro atoms. The first kappa shape index (κ1) is 16.9. The summed E-state index contributed by atoms with van der Waals surface area (Å²) in [6.45, 7) is 1.70. The zero-order chi connectivity index (χ0) is 17.1. The third kappa shape index (κ3) is 3.18. The van der Waals surface area contributed by atoms with E-state index in [2.05, 4.69) is 5.32 Å². The van der Waals surface area contributed by atoms with E-state index in [1.165, 1.54) is 0 Å². The van der Waals surface area contributed by atoms with Crippen LogP contribution in [-0.2, 0) is 0 Å². The van der Waals surface area contributed by atoms with Crippen molar-refractivity contribution in [1.82, 2.24) is 5.32 Å². The lowest BCUT2D eigenvalue weighted by Gasteiger charge is -2.18. The van der Waals surface area contributed by atoms with Crippen LogP contribution < -0.4 is 5.32 Å². The highest BCUT2D eigenvalue weighted by Gasteiger charge is 2.30. The number of carbonyl (C=O) groups is 1. The minimum Gasteiger partial charge on any atom is -0.345 e. The maximum absolute atomic E-state index is 13.6. The summed E-state index contributed by atoms with van der Waals surface area (Å²) in [5, 5.41) is 2.28. The van der Waals surface area contributed by atoms with Gasteiger partial charge in [-0.2, -0.15) is 0 Å². The molecule has 0 saturated heterocycles. The minimum absolute atomic E-state index is 0.366. The molecule has 2 aromatic rings. The highest BCUT2D eigenvalue weighted by molar-refractivity contribution is 5.95. The van der Waals surface area contributed by atoms with Crippen LogP contribution in [0.3, 0.4) is 0 Å². The lowest BCUT2D eigenvalue weighted by Crippen LogP contribution is -2.30. The van der Waals surface area contributed by atoms with Crippen molar-refractivity contribution in [1.29, 1.82) is 0 Å². The molecule has 0 fully saturated rings. The molecule has 0 aliphatic heterocycles. The van der Waals surface area contributed by atoms with Gasteiger partial charge in [0.05, 0.1) is 6.04 Å². The Hall–Kier alpha value is -2.44. The summed E-state index contributed by atoms with van der Waals surface area (Å²) in [7, 11) is 0. The fraction of sp³-hybridized carbons (Fsp3) is 0.188. The Morgan fingerprint density at radius 1 is 0.913 bits per heavy atom. The molecule has 1 unspecified atom stereocenters. The molecule has 0 aliphatic rings. The largest absolute Gasteiger partial charge is 0.345 e. The van der Waals surface area contributed by atoms with Gasteiger partial charge in [-0.1, -0.05) is 37.3 Å². The Bertz CT molecular complexity index is 704. The molecule has 0 heterocycles. The van der Waals surface area contributed by atoms with Crippen LogP contribution in [0.25, 0.3) is 0 Å². The Labute approximate surface area is 128 Å². The molecule has 1 amide bonds. The van der Waals surface area contributed by atoms with E-state index in [4.69, 9.17) is 0 Å². The number of carbonyl (C=O) groups excluding carboxylic acids is 1. The first-order chi connectivity index (χ1) is 10.9. The van der Waals surface area contributed by atoms with Gasteiger partial charge in [-0.15, -0.1) is 0 Å². The average molecular weight is 329 g/mol. The van der Waals surface area contributed by atoms with Gasteiger partial charge in [0.2, 0.25) is 5.82 Å². The summed E-state index contributed by atoms with van der Waals surface area (Å²) in [6.07, 6.45) is 0.366. The highest BCUT2D eigenvalue weighted by atomic mass is 19.2. The molecule has 1 N–H and O–H groups in total. The van der Waals surface area contributed by atoms with Crippen molar-refractivity contribution in [2.75, 3.05) is 0 Å². The summed E-state index contributed by atoms with van der Waals surface area (Å²) in [6, 6.07) is 7.85. The van der Waals surface area contributed by atoms with E-state index >= 15 is 0 Å². The fourth-order valence-corrected chi connectivity index (χ4v) is 2.14. The molecule has 2 nitrogen and oxygen atoms in total. The van der Waals surface area contributed by atoms with Crippen LogP contribution in [0.2, 0.25) is 0 Å². The lowest BCUT2D eigenvalue weighted by molar-refractivity contribution is 0.0923. The van der Waals surface area contributed by atoms with Crippen molar-refractivity contribution in [3.8, 4) is 0 Å². The van der Waals surface area contributed by atoms with E-state index in [9.17, 15) is 26.7 Å². The third-order valence-corrected chi connectivity index (χ3v) is 3.35. The van der Waals surface area contributed by atoms with E-state index in [0.717, 1.165) is 0 Å². The predicted octanol–water partition coefficient (Wildman–Crippen LogP) is 4.26. The van der Waals surface area contributed by atoms with E-state index in [1.807, 2.05) is 0 Å². The molecule has 0 aromatic heterocycles. The molecule has 0 saturated carbocycles. The minimum atomic E-state index is -2.30. The molecule has 0 radical (unpaired) electrons. The van der Waals surface area contributed by atoms with Crippen molar-refractivity contribution < 1.29 is 26.7 Å². The fourth-order valence-electron chi connectivity index (χ4n) is 2.14. The van der Waals surface area contributed by atoms with Crippen LogP contribution in [0.1, 0.15) is 35.3 Å². The first-order valence-electron chi connectivity index (χ1n) is 6.75. The zero-order valence-electron chi connectivity index (χ0n) is 12.0. The predicted molar refractivity (Wildman–Crippen MR) is 73.2 cm³/mol. The lowest BCUT2D eigenvalue weighted by atomic mass is 10.0. The molecule has 2 rings (SSSR count). The number of hydrogen-bond acceptors (Lipinski definition) is 1. The molecular weight excluding hydrogens is 317 g/mol. The standard InChI is InChI=1S/C16H12F5NO/c1-2-9(8-6-4-3-5-7-8)22-16(23)10-11(17)13(19)15(21)14(20)12(10)18/h3-7,9H,2H2,1H3,(H,22,23). The van der Waals surface area contributed by atoms with Gasteiger partial charge in [0.1, 0.15) is 5.56 Å². The van der Waals surface area contributed by atoms with Gasteiger partial charge in [-0.3, -0.25) is 4.79 Å². The Kier molecular flexibility index (Phi) is 4.98.